The summed E-state index contributed by atoms with van der Waals surface area (Å²) in [6.07, 6.45) is 2.81. The van der Waals surface area contributed by atoms with Crippen molar-refractivity contribution in [3.8, 4) is 0 Å². The Morgan fingerprint density at radius 1 is 1.54 bits per heavy atom. The normalized spacial score (nSPS) is 26.2. The van der Waals surface area contributed by atoms with Gasteiger partial charge in [0, 0.05) is 38.8 Å². The van der Waals surface area contributed by atoms with Gasteiger partial charge in [-0.3, -0.25) is 4.90 Å². The lowest BCUT2D eigenvalue weighted by atomic mass is 10.1. The van der Waals surface area contributed by atoms with Crippen LogP contribution in [-0.2, 0) is 0 Å². The van der Waals surface area contributed by atoms with E-state index in [1.54, 1.807) is 0 Å². The zero-order valence-corrected chi connectivity index (χ0v) is 8.45. The van der Waals surface area contributed by atoms with Gasteiger partial charge in [-0.05, 0) is 13.5 Å². The molecule has 1 heterocycles. The smallest absolute Gasteiger partial charge is 0.0446 e. The van der Waals surface area contributed by atoms with E-state index in [1.807, 2.05) is 6.08 Å². The number of rotatable bonds is 4. The van der Waals surface area contributed by atoms with Gasteiger partial charge in [-0.2, -0.15) is 0 Å². The molecule has 1 fully saturated rings. The molecule has 1 aliphatic heterocycles. The maximum Gasteiger partial charge on any atom is 0.0446 e. The SMILES string of the molecule is C=CCN1CCN(C)CC1CCO. The van der Waals surface area contributed by atoms with Crippen molar-refractivity contribution in [2.45, 2.75) is 12.5 Å². The van der Waals surface area contributed by atoms with Crippen LogP contribution in [0.5, 0.6) is 0 Å². The first-order chi connectivity index (χ1) is 6.27. The summed E-state index contributed by atoms with van der Waals surface area (Å²) in [5.74, 6) is 0. The molecule has 1 unspecified atom stereocenters. The first-order valence-electron chi connectivity index (χ1n) is 4.92. The fourth-order valence-electron chi connectivity index (χ4n) is 1.88. The van der Waals surface area contributed by atoms with Crippen molar-refractivity contribution in [1.29, 1.82) is 0 Å². The summed E-state index contributed by atoms with van der Waals surface area (Å²) < 4.78 is 0. The Hall–Kier alpha value is -0.380. The van der Waals surface area contributed by atoms with Crippen LogP contribution in [0.1, 0.15) is 6.42 Å². The van der Waals surface area contributed by atoms with E-state index in [-0.39, 0.29) is 6.61 Å². The maximum absolute atomic E-state index is 8.92. The Labute approximate surface area is 80.6 Å². The van der Waals surface area contributed by atoms with Crippen molar-refractivity contribution < 1.29 is 5.11 Å². The Kier molecular flexibility index (Phi) is 4.42. The number of hydrogen-bond donors (Lipinski definition) is 1. The summed E-state index contributed by atoms with van der Waals surface area (Å²) in [4.78, 5) is 4.71. The van der Waals surface area contributed by atoms with Gasteiger partial charge in [0.2, 0.25) is 0 Å². The van der Waals surface area contributed by atoms with E-state index in [9.17, 15) is 0 Å². The van der Waals surface area contributed by atoms with Crippen molar-refractivity contribution in [1.82, 2.24) is 9.80 Å². The molecule has 1 N–H and O–H groups in total. The molecule has 1 aliphatic rings. The molecule has 0 aromatic carbocycles. The molecular weight excluding hydrogens is 164 g/mol. The minimum atomic E-state index is 0.284. The van der Waals surface area contributed by atoms with Crippen LogP contribution >= 0.6 is 0 Å². The first-order valence-corrected chi connectivity index (χ1v) is 4.92. The van der Waals surface area contributed by atoms with Crippen LogP contribution in [0.15, 0.2) is 12.7 Å². The third-order valence-corrected chi connectivity index (χ3v) is 2.63. The number of aliphatic hydroxyl groups excluding tert-OH is 1. The highest BCUT2D eigenvalue weighted by molar-refractivity contribution is 4.85. The third kappa shape index (κ3) is 3.10. The summed E-state index contributed by atoms with van der Waals surface area (Å²) >= 11 is 0. The Balaban J connectivity index is 2.44. The van der Waals surface area contributed by atoms with Crippen LogP contribution in [0.4, 0.5) is 0 Å². The lowest BCUT2D eigenvalue weighted by Crippen LogP contribution is -2.51. The summed E-state index contributed by atoms with van der Waals surface area (Å²) in [7, 11) is 2.13. The molecule has 1 rings (SSSR count). The first kappa shape index (κ1) is 10.7. The average Bonchev–Trinajstić information content (AvgIpc) is 2.10. The van der Waals surface area contributed by atoms with E-state index in [0.29, 0.717) is 6.04 Å². The van der Waals surface area contributed by atoms with Crippen LogP contribution in [0, 0.1) is 0 Å². The number of piperazine rings is 1. The maximum atomic E-state index is 8.92. The summed E-state index contributed by atoms with van der Waals surface area (Å²) in [5.41, 5.74) is 0. The lowest BCUT2D eigenvalue weighted by Gasteiger charge is -2.39. The van der Waals surface area contributed by atoms with Gasteiger partial charge >= 0.3 is 0 Å². The second-order valence-corrected chi connectivity index (χ2v) is 3.71. The Morgan fingerprint density at radius 2 is 2.31 bits per heavy atom. The molecule has 0 aromatic heterocycles. The van der Waals surface area contributed by atoms with E-state index in [2.05, 4.69) is 23.4 Å². The summed E-state index contributed by atoms with van der Waals surface area (Å²) in [6.45, 7) is 8.25. The fraction of sp³-hybridized carbons (Fsp3) is 0.800. The summed E-state index contributed by atoms with van der Waals surface area (Å²) in [5, 5.41) is 8.92. The molecule has 3 nitrogen and oxygen atoms in total. The Morgan fingerprint density at radius 3 is 2.92 bits per heavy atom. The van der Waals surface area contributed by atoms with Crippen LogP contribution in [0.3, 0.4) is 0 Å². The van der Waals surface area contributed by atoms with E-state index < -0.39 is 0 Å². The van der Waals surface area contributed by atoms with Gasteiger partial charge in [0.15, 0.2) is 0 Å². The zero-order chi connectivity index (χ0) is 9.68. The van der Waals surface area contributed by atoms with Gasteiger partial charge in [0.1, 0.15) is 0 Å². The van der Waals surface area contributed by atoms with Crippen molar-refractivity contribution in [2.75, 3.05) is 39.8 Å². The fourth-order valence-corrected chi connectivity index (χ4v) is 1.88. The van der Waals surface area contributed by atoms with E-state index in [4.69, 9.17) is 5.11 Å². The molecule has 1 saturated heterocycles. The van der Waals surface area contributed by atoms with Crippen molar-refractivity contribution in [3.63, 3.8) is 0 Å². The average molecular weight is 184 g/mol. The second-order valence-electron chi connectivity index (χ2n) is 3.71. The molecule has 3 heteroatoms. The van der Waals surface area contributed by atoms with Crippen LogP contribution < -0.4 is 0 Å². The number of likely N-dealkylation sites (N-methyl/N-ethyl adjacent to an activating group) is 1. The van der Waals surface area contributed by atoms with Gasteiger partial charge in [-0.25, -0.2) is 0 Å². The topological polar surface area (TPSA) is 26.7 Å². The van der Waals surface area contributed by atoms with Crippen molar-refractivity contribution in [2.24, 2.45) is 0 Å². The van der Waals surface area contributed by atoms with Gasteiger partial charge in [-0.15, -0.1) is 6.58 Å². The molecule has 76 valence electrons. The molecule has 0 aliphatic carbocycles. The van der Waals surface area contributed by atoms with Gasteiger partial charge in [0.25, 0.3) is 0 Å². The zero-order valence-electron chi connectivity index (χ0n) is 8.45. The largest absolute Gasteiger partial charge is 0.396 e. The monoisotopic (exact) mass is 184 g/mol. The molecule has 0 bridgehead atoms. The van der Waals surface area contributed by atoms with Gasteiger partial charge in [-0.1, -0.05) is 6.08 Å². The molecular formula is C10H20N2O. The minimum Gasteiger partial charge on any atom is -0.396 e. The van der Waals surface area contributed by atoms with E-state index in [0.717, 1.165) is 32.6 Å². The van der Waals surface area contributed by atoms with Gasteiger partial charge < -0.3 is 10.0 Å². The van der Waals surface area contributed by atoms with E-state index in [1.165, 1.54) is 0 Å². The van der Waals surface area contributed by atoms with Crippen molar-refractivity contribution >= 4 is 0 Å². The molecule has 13 heavy (non-hydrogen) atoms. The molecule has 0 aromatic rings. The number of nitrogens with zero attached hydrogens (tertiary/aromatic N) is 2. The molecule has 1 atom stereocenters. The molecule has 0 amide bonds. The highest BCUT2D eigenvalue weighted by Gasteiger charge is 2.23. The molecule has 0 radical (unpaired) electrons. The van der Waals surface area contributed by atoms with Gasteiger partial charge in [0.05, 0.1) is 0 Å². The number of aliphatic hydroxyl groups is 1. The molecule has 0 saturated carbocycles. The van der Waals surface area contributed by atoms with Crippen LogP contribution in [-0.4, -0.2) is 60.8 Å². The van der Waals surface area contributed by atoms with Crippen LogP contribution in [0.25, 0.3) is 0 Å². The standard InChI is InChI=1S/C10H20N2O/c1-3-5-12-7-6-11(2)9-10(12)4-8-13/h3,10,13H,1,4-9H2,2H3. The number of hydrogen-bond acceptors (Lipinski definition) is 3. The highest BCUT2D eigenvalue weighted by atomic mass is 16.3. The minimum absolute atomic E-state index is 0.284. The Bertz CT molecular complexity index is 161. The van der Waals surface area contributed by atoms with E-state index >= 15 is 0 Å². The predicted molar refractivity (Wildman–Crippen MR) is 54.8 cm³/mol. The predicted octanol–water partition coefficient (Wildman–Crippen LogP) is 0.171. The van der Waals surface area contributed by atoms with Crippen LogP contribution in [0.2, 0.25) is 0 Å². The lowest BCUT2D eigenvalue weighted by molar-refractivity contribution is 0.0822. The highest BCUT2D eigenvalue weighted by Crippen LogP contribution is 2.10. The summed E-state index contributed by atoms with van der Waals surface area (Å²) in [6, 6.07) is 0.502. The quantitative estimate of drug-likeness (QED) is 0.631. The molecule has 0 spiro atoms. The second kappa shape index (κ2) is 5.37. The third-order valence-electron chi connectivity index (χ3n) is 2.63. The van der Waals surface area contributed by atoms with Crippen molar-refractivity contribution in [3.05, 3.63) is 12.7 Å².